The number of Topliss-reactive ketones (excluding diaryl/α,β-unsaturated/α-hetero) is 1. The lowest BCUT2D eigenvalue weighted by molar-refractivity contribution is 0.0983. The summed E-state index contributed by atoms with van der Waals surface area (Å²) in [5.74, 6) is 0.238. The van der Waals surface area contributed by atoms with Crippen molar-refractivity contribution in [1.29, 1.82) is 0 Å². The first kappa shape index (κ1) is 12.9. The molecule has 4 heteroatoms. The average Bonchev–Trinajstić information content (AvgIpc) is 2.58. The van der Waals surface area contributed by atoms with Crippen LogP contribution in [0.4, 0.5) is 0 Å². The monoisotopic (exact) mass is 289 g/mol. The molecule has 0 bridgehead atoms. The number of hydrogen-bond acceptors (Lipinski definition) is 3. The molecule has 0 aliphatic carbocycles. The molecule has 1 aromatic rings. The Balaban J connectivity index is 2.28. The smallest absolute Gasteiger partial charge is 0.173 e. The molecule has 0 saturated heterocycles. The van der Waals surface area contributed by atoms with Crippen molar-refractivity contribution in [2.45, 2.75) is 32.7 Å². The molecule has 0 aromatic carbocycles. The van der Waals surface area contributed by atoms with Crippen LogP contribution >= 0.6 is 27.3 Å². The van der Waals surface area contributed by atoms with Gasteiger partial charge in [0.25, 0.3) is 0 Å². The van der Waals surface area contributed by atoms with E-state index in [9.17, 15) is 4.79 Å². The summed E-state index contributed by atoms with van der Waals surface area (Å²) < 4.78 is 0.925. The standard InChI is InChI=1S/C11H16BrNOS/c1-8(2)13-6-3-4-10(14)11-9(12)5-7-15-11/h5,7-8,13H,3-4,6H2,1-2H3. The second-order valence-corrected chi connectivity index (χ2v) is 5.50. The van der Waals surface area contributed by atoms with Gasteiger partial charge in [0.05, 0.1) is 4.88 Å². The lowest BCUT2D eigenvalue weighted by atomic mass is 10.2. The number of nitrogens with one attached hydrogen (secondary N) is 1. The molecule has 1 N–H and O–H groups in total. The van der Waals surface area contributed by atoms with Gasteiger partial charge in [-0.3, -0.25) is 4.79 Å². The molecule has 1 aromatic heterocycles. The number of carbonyl (C=O) groups is 1. The number of carbonyl (C=O) groups excluding carboxylic acids is 1. The summed E-state index contributed by atoms with van der Waals surface area (Å²) in [6.07, 6.45) is 1.53. The molecular weight excluding hydrogens is 274 g/mol. The molecule has 0 amide bonds. The molecule has 1 heterocycles. The van der Waals surface area contributed by atoms with E-state index in [1.165, 1.54) is 11.3 Å². The van der Waals surface area contributed by atoms with Crippen LogP contribution in [0.5, 0.6) is 0 Å². The van der Waals surface area contributed by atoms with Crippen LogP contribution < -0.4 is 5.32 Å². The zero-order valence-electron chi connectivity index (χ0n) is 9.05. The highest BCUT2D eigenvalue weighted by atomic mass is 79.9. The highest BCUT2D eigenvalue weighted by Crippen LogP contribution is 2.24. The van der Waals surface area contributed by atoms with Crippen LogP contribution in [0.25, 0.3) is 0 Å². The molecule has 0 unspecified atom stereocenters. The van der Waals surface area contributed by atoms with Gasteiger partial charge in [-0.2, -0.15) is 0 Å². The van der Waals surface area contributed by atoms with Crippen LogP contribution in [0.3, 0.4) is 0 Å². The van der Waals surface area contributed by atoms with Crippen molar-refractivity contribution in [3.8, 4) is 0 Å². The lowest BCUT2D eigenvalue weighted by Crippen LogP contribution is -2.24. The van der Waals surface area contributed by atoms with Gasteiger partial charge in [0, 0.05) is 16.9 Å². The van der Waals surface area contributed by atoms with E-state index in [0.717, 1.165) is 22.3 Å². The summed E-state index contributed by atoms with van der Waals surface area (Å²) in [5, 5.41) is 5.23. The summed E-state index contributed by atoms with van der Waals surface area (Å²) in [6, 6.07) is 2.41. The Labute approximate surface area is 103 Å². The van der Waals surface area contributed by atoms with Gasteiger partial charge in [-0.1, -0.05) is 13.8 Å². The maximum Gasteiger partial charge on any atom is 0.173 e. The van der Waals surface area contributed by atoms with Gasteiger partial charge in [0.1, 0.15) is 0 Å². The molecule has 0 atom stereocenters. The summed E-state index contributed by atoms with van der Waals surface area (Å²) in [7, 11) is 0. The van der Waals surface area contributed by atoms with Gasteiger partial charge in [-0.15, -0.1) is 11.3 Å². The second-order valence-electron chi connectivity index (χ2n) is 3.73. The van der Waals surface area contributed by atoms with Gasteiger partial charge in [-0.25, -0.2) is 0 Å². The third-order valence-corrected chi connectivity index (χ3v) is 3.88. The lowest BCUT2D eigenvalue weighted by Gasteiger charge is -2.06. The Kier molecular flexibility index (Phi) is 5.50. The normalized spacial score (nSPS) is 10.9. The van der Waals surface area contributed by atoms with E-state index in [0.29, 0.717) is 12.5 Å². The molecule has 15 heavy (non-hydrogen) atoms. The largest absolute Gasteiger partial charge is 0.315 e. The number of halogens is 1. The molecule has 1 rings (SSSR count). The number of hydrogen-bond donors (Lipinski definition) is 1. The Morgan fingerprint density at radius 1 is 1.60 bits per heavy atom. The highest BCUT2D eigenvalue weighted by Gasteiger charge is 2.10. The van der Waals surface area contributed by atoms with Crippen LogP contribution in [-0.4, -0.2) is 18.4 Å². The Bertz CT molecular complexity index is 322. The van der Waals surface area contributed by atoms with Gasteiger partial charge in [0.15, 0.2) is 5.78 Å². The van der Waals surface area contributed by atoms with Crippen LogP contribution in [0.15, 0.2) is 15.9 Å². The summed E-state index contributed by atoms with van der Waals surface area (Å²) >= 11 is 4.88. The van der Waals surface area contributed by atoms with E-state index < -0.39 is 0 Å². The Morgan fingerprint density at radius 2 is 2.33 bits per heavy atom. The first-order valence-corrected chi connectivity index (χ1v) is 6.78. The summed E-state index contributed by atoms with van der Waals surface area (Å²) in [6.45, 7) is 5.13. The van der Waals surface area contributed by atoms with Crippen molar-refractivity contribution in [2.24, 2.45) is 0 Å². The second kappa shape index (κ2) is 6.40. The molecular formula is C11H16BrNOS. The molecule has 0 aliphatic heterocycles. The van der Waals surface area contributed by atoms with E-state index in [1.54, 1.807) is 0 Å². The molecule has 0 saturated carbocycles. The average molecular weight is 290 g/mol. The van der Waals surface area contributed by atoms with Crippen molar-refractivity contribution in [3.63, 3.8) is 0 Å². The van der Waals surface area contributed by atoms with Gasteiger partial charge < -0.3 is 5.32 Å². The summed E-state index contributed by atoms with van der Waals surface area (Å²) in [4.78, 5) is 12.6. The minimum absolute atomic E-state index is 0.238. The minimum Gasteiger partial charge on any atom is -0.315 e. The van der Waals surface area contributed by atoms with E-state index in [4.69, 9.17) is 0 Å². The van der Waals surface area contributed by atoms with Crippen LogP contribution in [-0.2, 0) is 0 Å². The number of ketones is 1. The number of thiophene rings is 1. The fourth-order valence-electron chi connectivity index (χ4n) is 1.25. The van der Waals surface area contributed by atoms with Crippen molar-refractivity contribution >= 4 is 33.0 Å². The van der Waals surface area contributed by atoms with Gasteiger partial charge in [0.2, 0.25) is 0 Å². The third kappa shape index (κ3) is 4.45. The van der Waals surface area contributed by atoms with Gasteiger partial charge in [-0.05, 0) is 40.3 Å². The topological polar surface area (TPSA) is 29.1 Å². The van der Waals surface area contributed by atoms with E-state index in [1.807, 2.05) is 11.4 Å². The molecule has 2 nitrogen and oxygen atoms in total. The maximum absolute atomic E-state index is 11.7. The van der Waals surface area contributed by atoms with Crippen molar-refractivity contribution in [2.75, 3.05) is 6.54 Å². The zero-order valence-corrected chi connectivity index (χ0v) is 11.5. The third-order valence-electron chi connectivity index (χ3n) is 2.00. The fraction of sp³-hybridized carbons (Fsp3) is 0.545. The first-order valence-electron chi connectivity index (χ1n) is 5.11. The summed E-state index contributed by atoms with van der Waals surface area (Å²) in [5.41, 5.74) is 0. The van der Waals surface area contributed by atoms with Crippen molar-refractivity contribution in [3.05, 3.63) is 20.8 Å². The molecule has 0 radical (unpaired) electrons. The maximum atomic E-state index is 11.7. The van der Waals surface area contributed by atoms with Crippen LogP contribution in [0, 0.1) is 0 Å². The first-order chi connectivity index (χ1) is 7.11. The van der Waals surface area contributed by atoms with Crippen molar-refractivity contribution < 1.29 is 4.79 Å². The minimum atomic E-state index is 0.238. The Morgan fingerprint density at radius 3 is 2.87 bits per heavy atom. The predicted molar refractivity (Wildman–Crippen MR) is 68.7 cm³/mol. The van der Waals surface area contributed by atoms with Gasteiger partial charge >= 0.3 is 0 Å². The SMILES string of the molecule is CC(C)NCCCC(=O)c1sccc1Br. The number of rotatable bonds is 6. The quantitative estimate of drug-likeness (QED) is 0.642. The van der Waals surface area contributed by atoms with Crippen molar-refractivity contribution in [1.82, 2.24) is 5.32 Å². The zero-order chi connectivity index (χ0) is 11.3. The molecule has 0 spiro atoms. The molecule has 0 fully saturated rings. The van der Waals surface area contributed by atoms with E-state index in [2.05, 4.69) is 35.1 Å². The van der Waals surface area contributed by atoms with Crippen LogP contribution in [0.1, 0.15) is 36.4 Å². The van der Waals surface area contributed by atoms with Crippen LogP contribution in [0.2, 0.25) is 0 Å². The van der Waals surface area contributed by atoms with E-state index in [-0.39, 0.29) is 5.78 Å². The van der Waals surface area contributed by atoms with E-state index >= 15 is 0 Å². The predicted octanol–water partition coefficient (Wildman–Crippen LogP) is 3.47. The molecule has 84 valence electrons. The molecule has 0 aliphatic rings. The Hall–Kier alpha value is -0.190. The highest BCUT2D eigenvalue weighted by molar-refractivity contribution is 9.10. The fourth-order valence-corrected chi connectivity index (χ4v) is 2.81.